The van der Waals surface area contributed by atoms with Gasteiger partial charge >= 0.3 is 0 Å². The SMILES string of the molecule is O=C(Nc1ccc2c(c1)OCCO2)C(Cl)c1ccc2occc2c1. The first kappa shape index (κ1) is 14.9. The summed E-state index contributed by atoms with van der Waals surface area (Å²) in [5.41, 5.74) is 2.08. The Balaban J connectivity index is 1.52. The third-order valence-corrected chi connectivity index (χ3v) is 4.26. The van der Waals surface area contributed by atoms with E-state index in [1.165, 1.54) is 0 Å². The van der Waals surface area contributed by atoms with Gasteiger partial charge in [-0.1, -0.05) is 6.07 Å². The van der Waals surface area contributed by atoms with Crippen molar-refractivity contribution < 1.29 is 18.7 Å². The molecule has 24 heavy (non-hydrogen) atoms. The lowest BCUT2D eigenvalue weighted by Gasteiger charge is -2.19. The van der Waals surface area contributed by atoms with E-state index in [0.29, 0.717) is 36.0 Å². The van der Waals surface area contributed by atoms with Gasteiger partial charge in [0.2, 0.25) is 5.91 Å². The van der Waals surface area contributed by atoms with Crippen molar-refractivity contribution in [3.8, 4) is 11.5 Å². The van der Waals surface area contributed by atoms with Crippen molar-refractivity contribution in [3.63, 3.8) is 0 Å². The monoisotopic (exact) mass is 343 g/mol. The molecule has 0 fully saturated rings. The second-order valence-electron chi connectivity index (χ2n) is 5.43. The minimum absolute atomic E-state index is 0.309. The van der Waals surface area contributed by atoms with Gasteiger partial charge in [0.15, 0.2) is 11.5 Å². The summed E-state index contributed by atoms with van der Waals surface area (Å²) in [7, 11) is 0. The minimum atomic E-state index is -0.808. The predicted molar refractivity (Wildman–Crippen MR) is 90.9 cm³/mol. The molecule has 1 N–H and O–H groups in total. The molecule has 1 aromatic heterocycles. The van der Waals surface area contributed by atoms with E-state index in [4.69, 9.17) is 25.5 Å². The first-order valence-electron chi connectivity index (χ1n) is 7.52. The van der Waals surface area contributed by atoms with Crippen molar-refractivity contribution in [1.29, 1.82) is 0 Å². The number of ether oxygens (including phenoxy) is 2. The molecular formula is C18H14ClNO4. The van der Waals surface area contributed by atoms with Gasteiger partial charge in [-0.05, 0) is 35.9 Å². The highest BCUT2D eigenvalue weighted by Crippen LogP contribution is 2.33. The number of alkyl halides is 1. The molecule has 0 aliphatic carbocycles. The Morgan fingerprint density at radius 1 is 1.04 bits per heavy atom. The van der Waals surface area contributed by atoms with Crippen LogP contribution < -0.4 is 14.8 Å². The maximum absolute atomic E-state index is 12.4. The van der Waals surface area contributed by atoms with Gasteiger partial charge in [0.1, 0.15) is 24.2 Å². The first-order valence-corrected chi connectivity index (χ1v) is 7.96. The van der Waals surface area contributed by atoms with Crippen molar-refractivity contribution in [1.82, 2.24) is 0 Å². The molecule has 0 saturated heterocycles. The average molecular weight is 344 g/mol. The molecule has 4 rings (SSSR count). The number of hydrogen-bond acceptors (Lipinski definition) is 4. The first-order chi connectivity index (χ1) is 11.7. The van der Waals surface area contributed by atoms with Crippen LogP contribution in [-0.2, 0) is 4.79 Å². The lowest BCUT2D eigenvalue weighted by molar-refractivity contribution is -0.116. The number of fused-ring (bicyclic) bond motifs is 2. The fourth-order valence-electron chi connectivity index (χ4n) is 2.62. The lowest BCUT2D eigenvalue weighted by atomic mass is 10.1. The number of halogens is 1. The molecule has 0 radical (unpaired) electrons. The van der Waals surface area contributed by atoms with Gasteiger partial charge in [-0.2, -0.15) is 0 Å². The molecule has 0 bridgehead atoms. The van der Waals surface area contributed by atoms with Gasteiger partial charge < -0.3 is 19.2 Å². The molecule has 5 nitrogen and oxygen atoms in total. The number of anilines is 1. The van der Waals surface area contributed by atoms with E-state index in [-0.39, 0.29) is 5.91 Å². The van der Waals surface area contributed by atoms with Crippen molar-refractivity contribution in [2.75, 3.05) is 18.5 Å². The van der Waals surface area contributed by atoms with Crippen LogP contribution in [0, 0.1) is 0 Å². The van der Waals surface area contributed by atoms with Gasteiger partial charge in [0.05, 0.1) is 6.26 Å². The molecule has 3 aromatic rings. The van der Waals surface area contributed by atoms with Crippen LogP contribution in [0.15, 0.2) is 53.1 Å². The maximum Gasteiger partial charge on any atom is 0.246 e. The zero-order chi connectivity index (χ0) is 16.5. The quantitative estimate of drug-likeness (QED) is 0.727. The minimum Gasteiger partial charge on any atom is -0.486 e. The number of amides is 1. The Kier molecular flexibility index (Phi) is 3.78. The van der Waals surface area contributed by atoms with Crippen molar-refractivity contribution >= 4 is 34.2 Å². The van der Waals surface area contributed by atoms with Gasteiger partial charge in [-0.25, -0.2) is 0 Å². The fraction of sp³-hybridized carbons (Fsp3) is 0.167. The zero-order valence-electron chi connectivity index (χ0n) is 12.6. The number of carbonyl (C=O) groups is 1. The van der Waals surface area contributed by atoms with Crippen LogP contribution in [-0.4, -0.2) is 19.1 Å². The fourth-order valence-corrected chi connectivity index (χ4v) is 2.81. The molecule has 2 heterocycles. The Hall–Kier alpha value is -2.66. The largest absolute Gasteiger partial charge is 0.486 e. The Bertz CT molecular complexity index is 905. The van der Waals surface area contributed by atoms with Crippen molar-refractivity contribution in [2.45, 2.75) is 5.38 Å². The van der Waals surface area contributed by atoms with Gasteiger partial charge in [-0.15, -0.1) is 11.6 Å². The third-order valence-electron chi connectivity index (χ3n) is 3.81. The van der Waals surface area contributed by atoms with Crippen LogP contribution in [0.2, 0.25) is 0 Å². The number of rotatable bonds is 3. The number of hydrogen-bond donors (Lipinski definition) is 1. The third kappa shape index (κ3) is 2.78. The van der Waals surface area contributed by atoms with Gasteiger partial charge in [0.25, 0.3) is 0 Å². The second-order valence-corrected chi connectivity index (χ2v) is 5.86. The molecular weight excluding hydrogens is 330 g/mol. The highest BCUT2D eigenvalue weighted by molar-refractivity contribution is 6.32. The number of benzene rings is 2. The summed E-state index contributed by atoms with van der Waals surface area (Å²) in [5.74, 6) is 0.980. The summed E-state index contributed by atoms with van der Waals surface area (Å²) in [4.78, 5) is 12.4. The topological polar surface area (TPSA) is 60.7 Å². The van der Waals surface area contributed by atoms with Crippen LogP contribution in [0.4, 0.5) is 5.69 Å². The predicted octanol–water partition coefficient (Wildman–Crippen LogP) is 4.12. The summed E-state index contributed by atoms with van der Waals surface area (Å²) in [6.45, 7) is 1.02. The Morgan fingerprint density at radius 3 is 2.75 bits per heavy atom. The standard InChI is InChI=1S/C18H14ClNO4/c19-17(12-1-3-14-11(9-12)5-6-22-14)18(21)20-13-2-4-15-16(10-13)24-8-7-23-15/h1-6,9-10,17H,7-8H2,(H,20,21). The summed E-state index contributed by atoms with van der Waals surface area (Å²) >= 11 is 6.32. The Labute approximate surface area is 143 Å². The summed E-state index contributed by atoms with van der Waals surface area (Å²) in [5, 5.41) is 2.90. The van der Waals surface area contributed by atoms with Crippen LogP contribution >= 0.6 is 11.6 Å². The summed E-state index contributed by atoms with van der Waals surface area (Å²) < 4.78 is 16.3. The van der Waals surface area contributed by atoms with Crippen LogP contribution in [0.1, 0.15) is 10.9 Å². The summed E-state index contributed by atoms with van der Waals surface area (Å²) in [6, 6.07) is 12.5. The van der Waals surface area contributed by atoms with E-state index in [9.17, 15) is 4.79 Å². The van der Waals surface area contributed by atoms with E-state index < -0.39 is 5.38 Å². The average Bonchev–Trinajstić information content (AvgIpc) is 3.08. The molecule has 6 heteroatoms. The number of nitrogens with one attached hydrogen (secondary N) is 1. The van der Waals surface area contributed by atoms with Crippen LogP contribution in [0.3, 0.4) is 0 Å². The molecule has 1 atom stereocenters. The molecule has 0 saturated carbocycles. The van der Waals surface area contributed by atoms with E-state index >= 15 is 0 Å². The Morgan fingerprint density at radius 2 is 1.88 bits per heavy atom. The number of carbonyl (C=O) groups excluding carboxylic acids is 1. The molecule has 1 aliphatic heterocycles. The molecule has 1 amide bonds. The van der Waals surface area contributed by atoms with Gasteiger partial charge in [-0.3, -0.25) is 4.79 Å². The molecule has 122 valence electrons. The van der Waals surface area contributed by atoms with E-state index in [1.807, 2.05) is 12.1 Å². The van der Waals surface area contributed by atoms with Crippen LogP contribution in [0.5, 0.6) is 11.5 Å². The van der Waals surface area contributed by atoms with Crippen molar-refractivity contribution in [3.05, 3.63) is 54.3 Å². The second kappa shape index (κ2) is 6.09. The van der Waals surface area contributed by atoms with E-state index in [2.05, 4.69) is 5.32 Å². The van der Waals surface area contributed by atoms with E-state index in [0.717, 1.165) is 11.0 Å². The van der Waals surface area contributed by atoms with Crippen molar-refractivity contribution in [2.24, 2.45) is 0 Å². The maximum atomic E-state index is 12.4. The summed E-state index contributed by atoms with van der Waals surface area (Å²) in [6.07, 6.45) is 1.60. The molecule has 1 unspecified atom stereocenters. The normalized spacial score (nSPS) is 14.4. The highest BCUT2D eigenvalue weighted by Gasteiger charge is 2.20. The smallest absolute Gasteiger partial charge is 0.246 e. The molecule has 2 aromatic carbocycles. The zero-order valence-corrected chi connectivity index (χ0v) is 13.4. The number of furan rings is 1. The van der Waals surface area contributed by atoms with Crippen LogP contribution in [0.25, 0.3) is 11.0 Å². The lowest BCUT2D eigenvalue weighted by Crippen LogP contribution is -2.18. The van der Waals surface area contributed by atoms with E-state index in [1.54, 1.807) is 36.6 Å². The molecule has 0 spiro atoms. The molecule has 1 aliphatic rings. The highest BCUT2D eigenvalue weighted by atomic mass is 35.5. The van der Waals surface area contributed by atoms with Gasteiger partial charge in [0, 0.05) is 17.1 Å².